The molecule has 0 amide bonds. The van der Waals surface area contributed by atoms with Gasteiger partial charge in [-0.25, -0.2) is 0 Å². The quantitative estimate of drug-likeness (QED) is 0.744. The van der Waals surface area contributed by atoms with Crippen LogP contribution >= 0.6 is 0 Å². The van der Waals surface area contributed by atoms with E-state index >= 15 is 0 Å². The van der Waals surface area contributed by atoms with Crippen molar-refractivity contribution in [3.05, 3.63) is 29.8 Å². The Morgan fingerprint density at radius 2 is 1.95 bits per heavy atom. The third-order valence-corrected chi connectivity index (χ3v) is 3.40. The average molecular weight is 265 g/mol. The van der Waals surface area contributed by atoms with E-state index in [1.807, 2.05) is 18.2 Å². The lowest BCUT2D eigenvalue weighted by molar-refractivity contribution is 0.0268. The third kappa shape index (κ3) is 5.21. The SMILES string of the molecule is CCC(C)c1cccc(OC(N)C(O)CC(C)C)c1. The summed E-state index contributed by atoms with van der Waals surface area (Å²) in [7, 11) is 0. The van der Waals surface area contributed by atoms with E-state index in [1.54, 1.807) is 0 Å². The van der Waals surface area contributed by atoms with Gasteiger partial charge in [-0.3, -0.25) is 5.73 Å². The number of ether oxygens (including phenoxy) is 1. The Hall–Kier alpha value is -1.06. The Bertz CT molecular complexity index is 379. The fourth-order valence-corrected chi connectivity index (χ4v) is 1.98. The fraction of sp³-hybridized carbons (Fsp3) is 0.625. The van der Waals surface area contributed by atoms with E-state index in [1.165, 1.54) is 5.56 Å². The van der Waals surface area contributed by atoms with Gasteiger partial charge in [-0.05, 0) is 42.4 Å². The lowest BCUT2D eigenvalue weighted by atomic mass is 9.99. The number of aliphatic hydroxyl groups excluding tert-OH is 1. The number of hydrogen-bond donors (Lipinski definition) is 2. The van der Waals surface area contributed by atoms with E-state index in [4.69, 9.17) is 10.5 Å². The Balaban J connectivity index is 2.66. The van der Waals surface area contributed by atoms with Crippen molar-refractivity contribution in [2.45, 2.75) is 58.8 Å². The molecule has 0 saturated heterocycles. The molecule has 0 spiro atoms. The Labute approximate surface area is 116 Å². The number of rotatable bonds is 7. The highest BCUT2D eigenvalue weighted by molar-refractivity contribution is 5.30. The van der Waals surface area contributed by atoms with Crippen molar-refractivity contribution in [3.8, 4) is 5.75 Å². The molecule has 0 bridgehead atoms. The van der Waals surface area contributed by atoms with Crippen LogP contribution in [0.1, 0.15) is 52.0 Å². The summed E-state index contributed by atoms with van der Waals surface area (Å²) in [5.74, 6) is 1.63. The van der Waals surface area contributed by atoms with Crippen LogP contribution in [0.5, 0.6) is 5.75 Å². The molecule has 108 valence electrons. The molecule has 0 aliphatic rings. The molecule has 3 atom stereocenters. The molecule has 0 radical (unpaired) electrons. The maximum Gasteiger partial charge on any atom is 0.173 e. The zero-order chi connectivity index (χ0) is 14.4. The summed E-state index contributed by atoms with van der Waals surface area (Å²) >= 11 is 0. The van der Waals surface area contributed by atoms with Crippen LogP contribution < -0.4 is 10.5 Å². The van der Waals surface area contributed by atoms with Gasteiger partial charge in [0.25, 0.3) is 0 Å². The topological polar surface area (TPSA) is 55.5 Å². The molecule has 19 heavy (non-hydrogen) atoms. The molecule has 1 rings (SSSR count). The molecule has 3 nitrogen and oxygen atoms in total. The van der Waals surface area contributed by atoms with Crippen molar-refractivity contribution in [2.75, 3.05) is 0 Å². The van der Waals surface area contributed by atoms with Gasteiger partial charge in [-0.1, -0.05) is 39.8 Å². The summed E-state index contributed by atoms with van der Waals surface area (Å²) in [5.41, 5.74) is 7.13. The average Bonchev–Trinajstić information content (AvgIpc) is 2.37. The maximum atomic E-state index is 9.92. The van der Waals surface area contributed by atoms with Gasteiger partial charge >= 0.3 is 0 Å². The van der Waals surface area contributed by atoms with Crippen molar-refractivity contribution in [1.82, 2.24) is 0 Å². The van der Waals surface area contributed by atoms with Crippen LogP contribution in [0.4, 0.5) is 0 Å². The van der Waals surface area contributed by atoms with E-state index < -0.39 is 12.3 Å². The minimum absolute atomic E-state index is 0.399. The second-order valence-electron chi connectivity index (χ2n) is 5.66. The highest BCUT2D eigenvalue weighted by atomic mass is 16.5. The van der Waals surface area contributed by atoms with E-state index in [2.05, 4.69) is 33.8 Å². The molecule has 0 heterocycles. The van der Waals surface area contributed by atoms with E-state index in [9.17, 15) is 5.11 Å². The molecular formula is C16H27NO2. The lowest BCUT2D eigenvalue weighted by Crippen LogP contribution is -2.40. The second kappa shape index (κ2) is 7.51. The van der Waals surface area contributed by atoms with Crippen molar-refractivity contribution < 1.29 is 9.84 Å². The zero-order valence-electron chi connectivity index (χ0n) is 12.5. The molecule has 1 aromatic rings. The summed E-state index contributed by atoms with van der Waals surface area (Å²) in [6.45, 7) is 8.46. The second-order valence-corrected chi connectivity index (χ2v) is 5.66. The fourth-order valence-electron chi connectivity index (χ4n) is 1.98. The first-order valence-corrected chi connectivity index (χ1v) is 7.14. The molecule has 0 saturated carbocycles. The Kier molecular flexibility index (Phi) is 6.32. The number of benzene rings is 1. The lowest BCUT2D eigenvalue weighted by Gasteiger charge is -2.22. The maximum absolute atomic E-state index is 9.92. The summed E-state index contributed by atoms with van der Waals surface area (Å²) in [5, 5.41) is 9.92. The van der Waals surface area contributed by atoms with E-state index in [-0.39, 0.29) is 0 Å². The molecule has 3 unspecified atom stereocenters. The van der Waals surface area contributed by atoms with Gasteiger partial charge < -0.3 is 9.84 Å². The number of hydrogen-bond acceptors (Lipinski definition) is 3. The van der Waals surface area contributed by atoms with E-state index in [0.29, 0.717) is 18.3 Å². The predicted molar refractivity (Wildman–Crippen MR) is 79.2 cm³/mol. The monoisotopic (exact) mass is 265 g/mol. The summed E-state index contributed by atoms with van der Waals surface area (Å²) in [6.07, 6.45) is 0.430. The molecule has 1 aromatic carbocycles. The highest BCUT2D eigenvalue weighted by Crippen LogP contribution is 2.23. The van der Waals surface area contributed by atoms with Crippen LogP contribution in [0.25, 0.3) is 0 Å². The minimum atomic E-state index is -0.672. The standard InChI is InChI=1S/C16H27NO2/c1-5-12(4)13-7-6-8-14(10-13)19-16(17)15(18)9-11(2)3/h6-8,10-12,15-16,18H,5,9,17H2,1-4H3. The molecule has 3 heteroatoms. The molecule has 0 aliphatic heterocycles. The summed E-state index contributed by atoms with van der Waals surface area (Å²) < 4.78 is 5.64. The van der Waals surface area contributed by atoms with Crippen molar-refractivity contribution in [2.24, 2.45) is 11.7 Å². The van der Waals surface area contributed by atoms with Gasteiger partial charge in [-0.2, -0.15) is 0 Å². The summed E-state index contributed by atoms with van der Waals surface area (Å²) in [6, 6.07) is 7.96. The molecule has 3 N–H and O–H groups in total. The molecule has 0 aromatic heterocycles. The van der Waals surface area contributed by atoms with Crippen molar-refractivity contribution in [1.29, 1.82) is 0 Å². The van der Waals surface area contributed by atoms with Crippen LogP contribution in [0.2, 0.25) is 0 Å². The summed E-state index contributed by atoms with van der Waals surface area (Å²) in [4.78, 5) is 0. The van der Waals surface area contributed by atoms with Gasteiger partial charge in [0, 0.05) is 0 Å². The van der Waals surface area contributed by atoms with Gasteiger partial charge in [0.15, 0.2) is 6.23 Å². The largest absolute Gasteiger partial charge is 0.473 e. The molecule has 0 aliphatic carbocycles. The third-order valence-electron chi connectivity index (χ3n) is 3.40. The van der Waals surface area contributed by atoms with Gasteiger partial charge in [0.05, 0.1) is 0 Å². The predicted octanol–water partition coefficient (Wildman–Crippen LogP) is 3.27. The van der Waals surface area contributed by atoms with Crippen LogP contribution in [0.3, 0.4) is 0 Å². The van der Waals surface area contributed by atoms with E-state index in [0.717, 1.165) is 12.2 Å². The molecule has 0 fully saturated rings. The first-order valence-electron chi connectivity index (χ1n) is 7.14. The van der Waals surface area contributed by atoms with Crippen molar-refractivity contribution in [3.63, 3.8) is 0 Å². The van der Waals surface area contributed by atoms with Crippen molar-refractivity contribution >= 4 is 0 Å². The first kappa shape index (κ1) is 16.0. The van der Waals surface area contributed by atoms with Gasteiger partial charge in [0.1, 0.15) is 11.9 Å². The van der Waals surface area contributed by atoms with Crippen LogP contribution in [0.15, 0.2) is 24.3 Å². The number of nitrogens with two attached hydrogens (primary N) is 1. The van der Waals surface area contributed by atoms with Crippen LogP contribution in [0, 0.1) is 5.92 Å². The smallest absolute Gasteiger partial charge is 0.173 e. The first-order chi connectivity index (χ1) is 8.93. The Morgan fingerprint density at radius 3 is 2.53 bits per heavy atom. The van der Waals surface area contributed by atoms with Crippen LogP contribution in [-0.2, 0) is 0 Å². The normalized spacial score (nSPS) is 16.2. The number of aliphatic hydroxyl groups is 1. The minimum Gasteiger partial charge on any atom is -0.473 e. The van der Waals surface area contributed by atoms with Gasteiger partial charge in [-0.15, -0.1) is 0 Å². The highest BCUT2D eigenvalue weighted by Gasteiger charge is 2.18. The molecular weight excluding hydrogens is 238 g/mol. The Morgan fingerprint density at radius 1 is 1.26 bits per heavy atom. The van der Waals surface area contributed by atoms with Crippen LogP contribution in [-0.4, -0.2) is 17.4 Å². The van der Waals surface area contributed by atoms with Gasteiger partial charge in [0.2, 0.25) is 0 Å². The zero-order valence-corrected chi connectivity index (χ0v) is 12.5.